The van der Waals surface area contributed by atoms with Crippen LogP contribution in [-0.4, -0.2) is 13.2 Å². The van der Waals surface area contributed by atoms with Gasteiger partial charge in [-0.15, -0.1) is 0 Å². The summed E-state index contributed by atoms with van der Waals surface area (Å²) in [5.74, 6) is 0. The second kappa shape index (κ2) is 4.86. The zero-order chi connectivity index (χ0) is 17.4. The average molecular weight is 349 g/mol. The van der Waals surface area contributed by atoms with Crippen molar-refractivity contribution < 1.29 is 0 Å². The van der Waals surface area contributed by atoms with Crippen molar-refractivity contribution in [1.82, 2.24) is 4.40 Å². The van der Waals surface area contributed by atoms with E-state index in [4.69, 9.17) is 0 Å². The van der Waals surface area contributed by atoms with Crippen LogP contribution in [0.5, 0.6) is 0 Å². The van der Waals surface area contributed by atoms with Crippen molar-refractivity contribution in [3.63, 3.8) is 0 Å². The molecular formula is C24H18NSi. The molecule has 26 heavy (non-hydrogen) atoms. The van der Waals surface area contributed by atoms with E-state index in [1.165, 1.54) is 54.1 Å². The van der Waals surface area contributed by atoms with Gasteiger partial charge in [-0.25, -0.2) is 0 Å². The van der Waals surface area contributed by atoms with E-state index in [9.17, 15) is 0 Å². The molecule has 1 nitrogen and oxygen atoms in total. The second-order valence-corrected chi connectivity index (χ2v) is 10.0. The van der Waals surface area contributed by atoms with Gasteiger partial charge in [0.15, 0.2) is 0 Å². The van der Waals surface area contributed by atoms with Crippen LogP contribution in [-0.2, 0) is 0 Å². The van der Waals surface area contributed by atoms with E-state index in [0.717, 1.165) is 0 Å². The van der Waals surface area contributed by atoms with Gasteiger partial charge in [-0.1, -0.05) is 78.9 Å². The van der Waals surface area contributed by atoms with Crippen molar-refractivity contribution in [2.45, 2.75) is 13.1 Å². The first-order chi connectivity index (χ1) is 12.7. The van der Waals surface area contributed by atoms with Crippen molar-refractivity contribution in [2.24, 2.45) is 0 Å². The first kappa shape index (κ1) is 14.3. The highest BCUT2D eigenvalue weighted by Crippen LogP contribution is 2.41. The highest BCUT2D eigenvalue weighted by molar-refractivity contribution is 6.71. The predicted molar refractivity (Wildman–Crippen MR) is 116 cm³/mol. The van der Waals surface area contributed by atoms with Gasteiger partial charge in [0.2, 0.25) is 0 Å². The first-order valence-electron chi connectivity index (χ1n) is 9.14. The molecule has 0 spiro atoms. The summed E-state index contributed by atoms with van der Waals surface area (Å²) >= 11 is 0. The molecule has 2 aromatic heterocycles. The van der Waals surface area contributed by atoms with Gasteiger partial charge in [0, 0.05) is 21.5 Å². The van der Waals surface area contributed by atoms with E-state index >= 15 is 0 Å². The van der Waals surface area contributed by atoms with Crippen LogP contribution in [0.2, 0.25) is 13.1 Å². The summed E-state index contributed by atoms with van der Waals surface area (Å²) in [5, 5.41) is 9.68. The lowest BCUT2D eigenvalue weighted by atomic mass is 10.0. The lowest BCUT2D eigenvalue weighted by Crippen LogP contribution is -2.21. The van der Waals surface area contributed by atoms with Gasteiger partial charge >= 0.3 is 0 Å². The fourth-order valence-corrected chi connectivity index (χ4v) is 5.41. The molecule has 6 rings (SSSR count). The minimum absolute atomic E-state index is 0.451. The molecule has 0 aliphatic rings. The van der Waals surface area contributed by atoms with Gasteiger partial charge in [0.05, 0.1) is 25.3 Å². The zero-order valence-corrected chi connectivity index (χ0v) is 15.9. The Hall–Kier alpha value is -2.84. The molecule has 0 aliphatic heterocycles. The maximum absolute atomic E-state index is 2.48. The number of benzene rings is 4. The first-order valence-corrected chi connectivity index (χ1v) is 11.6. The second-order valence-electron chi connectivity index (χ2n) is 7.45. The van der Waals surface area contributed by atoms with Gasteiger partial charge in [0.1, 0.15) is 0 Å². The van der Waals surface area contributed by atoms with E-state index in [1.807, 2.05) is 0 Å². The normalized spacial score (nSPS) is 12.6. The Kier molecular flexibility index (Phi) is 2.68. The van der Waals surface area contributed by atoms with E-state index < -0.39 is 8.80 Å². The molecule has 0 bridgehead atoms. The third kappa shape index (κ3) is 1.65. The van der Waals surface area contributed by atoms with Gasteiger partial charge in [0.25, 0.3) is 0 Å². The van der Waals surface area contributed by atoms with Gasteiger partial charge in [-0.05, 0) is 22.9 Å². The van der Waals surface area contributed by atoms with Crippen LogP contribution >= 0.6 is 0 Å². The summed E-state index contributed by atoms with van der Waals surface area (Å²) in [6, 6.07) is 27.1. The third-order valence-electron chi connectivity index (χ3n) is 5.78. The number of hydrogen-bond acceptors (Lipinski definition) is 0. The molecule has 0 fully saturated rings. The maximum atomic E-state index is 2.48. The predicted octanol–water partition coefficient (Wildman–Crippen LogP) is 5.95. The number of hydrogen-bond donors (Lipinski definition) is 0. The zero-order valence-electron chi connectivity index (χ0n) is 14.9. The SMILES string of the molecule is C[Si](C)c1ccc2c(c1)c1cccc3c4c5ccccc5ccc4n2c13. The Bertz CT molecular complexity index is 1460. The van der Waals surface area contributed by atoms with Crippen LogP contribution in [0.4, 0.5) is 0 Å². The Labute approximate surface area is 153 Å². The van der Waals surface area contributed by atoms with Crippen molar-refractivity contribution in [1.29, 1.82) is 0 Å². The average Bonchev–Trinajstić information content (AvgIpc) is 3.19. The summed E-state index contributed by atoms with van der Waals surface area (Å²) in [5.41, 5.74) is 4.01. The number of aromatic nitrogens is 1. The largest absolute Gasteiger partial charge is 0.308 e. The third-order valence-corrected chi connectivity index (χ3v) is 7.25. The fraction of sp³-hybridized carbons (Fsp3) is 0.0833. The number of para-hydroxylation sites is 1. The van der Waals surface area contributed by atoms with Crippen LogP contribution in [0, 0.1) is 0 Å². The number of rotatable bonds is 1. The van der Waals surface area contributed by atoms with Gasteiger partial charge < -0.3 is 4.40 Å². The Morgan fingerprint density at radius 3 is 2.31 bits per heavy atom. The highest BCUT2D eigenvalue weighted by atomic mass is 28.3. The lowest BCUT2D eigenvalue weighted by Gasteiger charge is -2.05. The topological polar surface area (TPSA) is 4.41 Å². The van der Waals surface area contributed by atoms with Crippen molar-refractivity contribution in [3.8, 4) is 0 Å². The molecule has 2 heteroatoms. The Morgan fingerprint density at radius 2 is 1.42 bits per heavy atom. The maximum Gasteiger partial charge on any atom is 0.0791 e. The smallest absolute Gasteiger partial charge is 0.0791 e. The molecular weight excluding hydrogens is 330 g/mol. The lowest BCUT2D eigenvalue weighted by molar-refractivity contribution is 1.37. The Balaban J connectivity index is 1.93. The van der Waals surface area contributed by atoms with E-state index in [2.05, 4.69) is 90.3 Å². The van der Waals surface area contributed by atoms with Crippen molar-refractivity contribution in [2.75, 3.05) is 0 Å². The van der Waals surface area contributed by atoms with Gasteiger partial charge in [-0.3, -0.25) is 0 Å². The molecule has 0 amide bonds. The van der Waals surface area contributed by atoms with E-state index in [-0.39, 0.29) is 0 Å². The molecule has 1 radical (unpaired) electrons. The van der Waals surface area contributed by atoms with E-state index in [1.54, 1.807) is 0 Å². The van der Waals surface area contributed by atoms with Crippen molar-refractivity contribution >= 4 is 62.9 Å². The summed E-state index contributed by atoms with van der Waals surface area (Å²) in [6.45, 7) is 4.73. The summed E-state index contributed by atoms with van der Waals surface area (Å²) in [7, 11) is -0.451. The highest BCUT2D eigenvalue weighted by Gasteiger charge is 2.18. The van der Waals surface area contributed by atoms with Crippen LogP contribution in [0.3, 0.4) is 0 Å². The molecule has 123 valence electrons. The summed E-state index contributed by atoms with van der Waals surface area (Å²) < 4.78 is 2.48. The minimum Gasteiger partial charge on any atom is -0.308 e. The van der Waals surface area contributed by atoms with Crippen LogP contribution in [0.25, 0.3) is 48.9 Å². The molecule has 0 saturated carbocycles. The minimum atomic E-state index is -0.451. The molecule has 6 aromatic rings. The van der Waals surface area contributed by atoms with Crippen LogP contribution in [0.1, 0.15) is 0 Å². The van der Waals surface area contributed by atoms with Crippen LogP contribution in [0.15, 0.2) is 72.8 Å². The van der Waals surface area contributed by atoms with Crippen molar-refractivity contribution in [3.05, 3.63) is 72.8 Å². The molecule has 0 unspecified atom stereocenters. The summed E-state index contributed by atoms with van der Waals surface area (Å²) in [6.07, 6.45) is 0. The van der Waals surface area contributed by atoms with Gasteiger partial charge in [-0.2, -0.15) is 0 Å². The molecule has 4 aromatic carbocycles. The molecule has 0 aliphatic carbocycles. The molecule has 0 N–H and O–H groups in total. The molecule has 0 atom stereocenters. The fourth-order valence-electron chi connectivity index (χ4n) is 4.56. The standard InChI is InChI=1S/C24H18NSi/c1-26(2)16-11-13-21-20(14-16)18-8-5-9-19-23-17-7-4-3-6-15(17)10-12-22(23)25(21)24(18)19/h3-14H,1-2H3. The number of fused-ring (bicyclic) bond motifs is 8. The quantitative estimate of drug-likeness (QED) is 0.323. The number of nitrogens with zero attached hydrogens (tertiary/aromatic N) is 1. The molecule has 2 heterocycles. The molecule has 0 saturated heterocycles. The van der Waals surface area contributed by atoms with Crippen LogP contribution < -0.4 is 5.19 Å². The monoisotopic (exact) mass is 348 g/mol. The summed E-state index contributed by atoms with van der Waals surface area (Å²) in [4.78, 5) is 0. The Morgan fingerprint density at radius 1 is 0.654 bits per heavy atom. The van der Waals surface area contributed by atoms with E-state index in [0.29, 0.717) is 0 Å².